The molecule has 28 heavy (non-hydrogen) atoms. The normalized spacial score (nSPS) is 10.6. The van der Waals surface area contributed by atoms with E-state index in [9.17, 15) is 9.59 Å². The van der Waals surface area contributed by atoms with Gasteiger partial charge in [-0.3, -0.25) is 9.59 Å². The van der Waals surface area contributed by atoms with E-state index in [0.29, 0.717) is 22.6 Å². The molecular formula is C20H16N6O2. The summed E-state index contributed by atoms with van der Waals surface area (Å²) in [6.45, 7) is 1.43. The largest absolute Gasteiger partial charge is 0.326 e. The lowest BCUT2D eigenvalue weighted by Gasteiger charge is -2.08. The van der Waals surface area contributed by atoms with Crippen molar-refractivity contribution in [2.75, 3.05) is 10.6 Å². The number of carbonyl (C=O) groups excluding carboxylic acids is 2. The van der Waals surface area contributed by atoms with Crippen molar-refractivity contribution in [2.24, 2.45) is 0 Å². The number of hydrogen-bond acceptors (Lipinski definition) is 5. The molecule has 2 aromatic heterocycles. The van der Waals surface area contributed by atoms with Gasteiger partial charge < -0.3 is 10.6 Å². The zero-order valence-corrected chi connectivity index (χ0v) is 15.0. The number of fused-ring (bicyclic) bond motifs is 1. The van der Waals surface area contributed by atoms with Crippen LogP contribution in [0.2, 0.25) is 0 Å². The van der Waals surface area contributed by atoms with Gasteiger partial charge in [0.25, 0.3) is 5.91 Å². The number of anilines is 2. The molecule has 4 aromatic rings. The van der Waals surface area contributed by atoms with Gasteiger partial charge in [0, 0.05) is 29.4 Å². The smallest absolute Gasteiger partial charge is 0.255 e. The number of rotatable bonds is 4. The summed E-state index contributed by atoms with van der Waals surface area (Å²) in [5.74, 6) is -0.402. The molecule has 2 N–H and O–H groups in total. The molecule has 4 rings (SSSR count). The van der Waals surface area contributed by atoms with Crippen LogP contribution in [0.5, 0.6) is 0 Å². The topological polar surface area (TPSA) is 101 Å². The molecule has 138 valence electrons. The third-order valence-electron chi connectivity index (χ3n) is 4.05. The molecule has 2 aromatic carbocycles. The van der Waals surface area contributed by atoms with Crippen molar-refractivity contribution in [3.63, 3.8) is 0 Å². The minimum Gasteiger partial charge on any atom is -0.326 e. The molecule has 0 aliphatic heterocycles. The Labute approximate surface area is 160 Å². The van der Waals surface area contributed by atoms with Crippen molar-refractivity contribution in [1.29, 1.82) is 0 Å². The van der Waals surface area contributed by atoms with Gasteiger partial charge in [-0.05, 0) is 48.5 Å². The van der Waals surface area contributed by atoms with Gasteiger partial charge in [0.15, 0.2) is 5.65 Å². The van der Waals surface area contributed by atoms with Crippen molar-refractivity contribution in [2.45, 2.75) is 6.92 Å². The highest BCUT2D eigenvalue weighted by atomic mass is 16.2. The van der Waals surface area contributed by atoms with E-state index in [0.717, 1.165) is 11.3 Å². The molecule has 0 saturated heterocycles. The lowest BCUT2D eigenvalue weighted by Crippen LogP contribution is -2.12. The molecule has 2 heterocycles. The number of amides is 2. The van der Waals surface area contributed by atoms with Crippen LogP contribution in [-0.2, 0) is 4.79 Å². The predicted octanol–water partition coefficient (Wildman–Crippen LogP) is 3.00. The Bertz CT molecular complexity index is 1170. The van der Waals surface area contributed by atoms with Crippen molar-refractivity contribution in [1.82, 2.24) is 19.8 Å². The molecule has 0 radical (unpaired) electrons. The van der Waals surface area contributed by atoms with Gasteiger partial charge in [0.2, 0.25) is 5.91 Å². The van der Waals surface area contributed by atoms with E-state index in [4.69, 9.17) is 0 Å². The highest BCUT2D eigenvalue weighted by Gasteiger charge is 2.08. The minimum atomic E-state index is -0.242. The summed E-state index contributed by atoms with van der Waals surface area (Å²) in [4.78, 5) is 23.6. The van der Waals surface area contributed by atoms with Crippen LogP contribution in [0.15, 0.2) is 67.0 Å². The standard InChI is InChI=1S/C20H16N6O2/c1-13(27)22-16-7-5-14(6-8-16)20(28)23-17-4-2-3-15(11-17)18-9-10-19-24-21-12-26(19)25-18/h2-12H,1H3,(H,22,27)(H,23,28). The maximum atomic E-state index is 12.5. The molecule has 0 unspecified atom stereocenters. The zero-order valence-electron chi connectivity index (χ0n) is 15.0. The Morgan fingerprint density at radius 2 is 1.75 bits per heavy atom. The van der Waals surface area contributed by atoms with Crippen molar-refractivity contribution >= 4 is 28.8 Å². The maximum Gasteiger partial charge on any atom is 0.255 e. The highest BCUT2D eigenvalue weighted by Crippen LogP contribution is 2.21. The Balaban J connectivity index is 1.52. The average molecular weight is 372 g/mol. The van der Waals surface area contributed by atoms with E-state index in [1.54, 1.807) is 28.8 Å². The second-order valence-corrected chi connectivity index (χ2v) is 6.15. The molecule has 0 bridgehead atoms. The molecule has 0 saturated carbocycles. The fourth-order valence-corrected chi connectivity index (χ4v) is 2.75. The first-order chi connectivity index (χ1) is 13.6. The summed E-state index contributed by atoms with van der Waals surface area (Å²) in [5.41, 5.74) is 4.04. The summed E-state index contributed by atoms with van der Waals surface area (Å²) in [6.07, 6.45) is 1.54. The van der Waals surface area contributed by atoms with Crippen LogP contribution in [0.1, 0.15) is 17.3 Å². The summed E-state index contributed by atoms with van der Waals surface area (Å²) >= 11 is 0. The Morgan fingerprint density at radius 1 is 0.929 bits per heavy atom. The first-order valence-corrected chi connectivity index (χ1v) is 8.55. The second kappa shape index (κ2) is 7.28. The van der Waals surface area contributed by atoms with Gasteiger partial charge >= 0.3 is 0 Å². The minimum absolute atomic E-state index is 0.160. The van der Waals surface area contributed by atoms with E-state index in [-0.39, 0.29) is 11.8 Å². The predicted molar refractivity (Wildman–Crippen MR) is 105 cm³/mol. The van der Waals surface area contributed by atoms with E-state index >= 15 is 0 Å². The van der Waals surface area contributed by atoms with Gasteiger partial charge in [-0.2, -0.15) is 9.61 Å². The number of nitrogens with one attached hydrogen (secondary N) is 2. The number of hydrogen-bond donors (Lipinski definition) is 2. The van der Waals surface area contributed by atoms with E-state index in [2.05, 4.69) is 25.9 Å². The number of aromatic nitrogens is 4. The van der Waals surface area contributed by atoms with Gasteiger partial charge in [-0.25, -0.2) is 0 Å². The number of nitrogens with zero attached hydrogens (tertiary/aromatic N) is 4. The molecule has 0 atom stereocenters. The van der Waals surface area contributed by atoms with Crippen molar-refractivity contribution < 1.29 is 9.59 Å². The van der Waals surface area contributed by atoms with Gasteiger partial charge in [0.05, 0.1) is 5.69 Å². The van der Waals surface area contributed by atoms with Crippen molar-refractivity contribution in [3.05, 3.63) is 72.6 Å². The Morgan fingerprint density at radius 3 is 2.54 bits per heavy atom. The number of carbonyl (C=O) groups is 2. The van der Waals surface area contributed by atoms with E-state index in [1.165, 1.54) is 13.3 Å². The average Bonchev–Trinajstić information content (AvgIpc) is 3.16. The Hall–Kier alpha value is -4.07. The van der Waals surface area contributed by atoms with Crippen LogP contribution in [0.4, 0.5) is 11.4 Å². The zero-order chi connectivity index (χ0) is 19.5. The summed E-state index contributed by atoms with van der Waals surface area (Å²) < 4.78 is 1.59. The monoisotopic (exact) mass is 372 g/mol. The second-order valence-electron chi connectivity index (χ2n) is 6.15. The molecule has 0 aliphatic rings. The van der Waals surface area contributed by atoms with Crippen molar-refractivity contribution in [3.8, 4) is 11.3 Å². The van der Waals surface area contributed by atoms with Crippen LogP contribution in [0, 0.1) is 0 Å². The third kappa shape index (κ3) is 3.70. The SMILES string of the molecule is CC(=O)Nc1ccc(C(=O)Nc2cccc(-c3ccc4nncn4n3)c2)cc1. The van der Waals surface area contributed by atoms with Crippen LogP contribution in [0.25, 0.3) is 16.9 Å². The summed E-state index contributed by atoms with van der Waals surface area (Å²) in [7, 11) is 0. The van der Waals surface area contributed by atoms with Gasteiger partial charge in [-0.1, -0.05) is 12.1 Å². The van der Waals surface area contributed by atoms with Crippen LogP contribution in [-0.4, -0.2) is 31.6 Å². The third-order valence-corrected chi connectivity index (χ3v) is 4.05. The van der Waals surface area contributed by atoms with Gasteiger partial charge in [0.1, 0.15) is 6.33 Å². The first-order valence-electron chi connectivity index (χ1n) is 8.55. The van der Waals surface area contributed by atoms with Crippen LogP contribution >= 0.6 is 0 Å². The summed E-state index contributed by atoms with van der Waals surface area (Å²) in [5, 5.41) is 17.8. The molecule has 8 nitrogen and oxygen atoms in total. The Kier molecular flexibility index (Phi) is 4.51. The summed E-state index contributed by atoms with van der Waals surface area (Å²) in [6, 6.07) is 17.8. The van der Waals surface area contributed by atoms with E-state index < -0.39 is 0 Å². The molecule has 0 aliphatic carbocycles. The maximum absolute atomic E-state index is 12.5. The fraction of sp³-hybridized carbons (Fsp3) is 0.0500. The van der Waals surface area contributed by atoms with Crippen LogP contribution < -0.4 is 10.6 Å². The van der Waals surface area contributed by atoms with Gasteiger partial charge in [-0.15, -0.1) is 10.2 Å². The molecule has 0 spiro atoms. The van der Waals surface area contributed by atoms with E-state index in [1.807, 2.05) is 36.4 Å². The lowest BCUT2D eigenvalue weighted by atomic mass is 10.1. The van der Waals surface area contributed by atoms with Crippen LogP contribution in [0.3, 0.4) is 0 Å². The molecule has 0 fully saturated rings. The fourth-order valence-electron chi connectivity index (χ4n) is 2.75. The molecule has 2 amide bonds. The highest BCUT2D eigenvalue weighted by molar-refractivity contribution is 6.04. The quantitative estimate of drug-likeness (QED) is 0.573. The number of benzene rings is 2. The molecular weight excluding hydrogens is 356 g/mol. The molecule has 8 heteroatoms. The lowest BCUT2D eigenvalue weighted by molar-refractivity contribution is -0.114. The first kappa shape index (κ1) is 17.3.